The Hall–Kier alpha value is -2.73. The number of halogens is 2. The lowest BCUT2D eigenvalue weighted by atomic mass is 10.1. The molecule has 0 bridgehead atoms. The van der Waals surface area contributed by atoms with E-state index in [1.54, 1.807) is 0 Å². The molecule has 2 aromatic carbocycles. The van der Waals surface area contributed by atoms with Crippen molar-refractivity contribution in [1.29, 1.82) is 0 Å². The fourth-order valence-corrected chi connectivity index (χ4v) is 2.24. The molecule has 0 N–H and O–H groups in total. The van der Waals surface area contributed by atoms with E-state index in [4.69, 9.17) is 20.8 Å². The Balaban J connectivity index is 1.69. The zero-order chi connectivity index (χ0) is 17.1. The van der Waals surface area contributed by atoms with Gasteiger partial charge in [-0.05, 0) is 37.3 Å². The summed E-state index contributed by atoms with van der Waals surface area (Å²) in [5, 5.41) is 7.96. The minimum absolute atomic E-state index is 0.113. The van der Waals surface area contributed by atoms with Crippen molar-refractivity contribution in [2.45, 2.75) is 13.5 Å². The normalized spacial score (nSPS) is 10.6. The number of hydrogen-bond donors (Lipinski definition) is 0. The Labute approximate surface area is 142 Å². The van der Waals surface area contributed by atoms with Gasteiger partial charge in [0.05, 0.1) is 5.56 Å². The third-order valence-corrected chi connectivity index (χ3v) is 3.44. The summed E-state index contributed by atoms with van der Waals surface area (Å²) in [6.07, 6.45) is 0. The maximum atomic E-state index is 13.6. The van der Waals surface area contributed by atoms with Gasteiger partial charge in [-0.1, -0.05) is 29.3 Å². The van der Waals surface area contributed by atoms with Crippen LogP contribution in [0, 0.1) is 12.7 Å². The van der Waals surface area contributed by atoms with E-state index >= 15 is 0 Å². The molecule has 3 rings (SSSR count). The summed E-state index contributed by atoms with van der Waals surface area (Å²) >= 11 is 5.75. The second kappa shape index (κ2) is 6.80. The quantitative estimate of drug-likeness (QED) is 0.662. The monoisotopic (exact) mass is 346 g/mol. The number of aromatic nitrogens is 2. The maximum absolute atomic E-state index is 13.6. The largest absolute Gasteiger partial charge is 0.452 e. The minimum Gasteiger partial charge on any atom is -0.452 e. The fourth-order valence-electron chi connectivity index (χ4n) is 2.07. The molecule has 1 heterocycles. The molecule has 0 saturated heterocycles. The van der Waals surface area contributed by atoms with Gasteiger partial charge in [0.15, 0.2) is 6.61 Å². The average Bonchev–Trinajstić information content (AvgIpc) is 3.04. The first kappa shape index (κ1) is 16.1. The Morgan fingerprint density at radius 1 is 1.25 bits per heavy atom. The van der Waals surface area contributed by atoms with Gasteiger partial charge in [0.25, 0.3) is 5.89 Å². The lowest BCUT2D eigenvalue weighted by Crippen LogP contribution is -2.07. The topological polar surface area (TPSA) is 65.2 Å². The number of ether oxygens (including phenoxy) is 1. The average molecular weight is 347 g/mol. The van der Waals surface area contributed by atoms with Crippen molar-refractivity contribution in [3.63, 3.8) is 0 Å². The Bertz CT molecular complexity index is 895. The fraction of sp³-hybridized carbons (Fsp3) is 0.118. The third kappa shape index (κ3) is 3.60. The number of esters is 1. The zero-order valence-corrected chi connectivity index (χ0v) is 13.4. The summed E-state index contributed by atoms with van der Waals surface area (Å²) in [5.74, 6) is -1.14. The van der Waals surface area contributed by atoms with Crippen molar-refractivity contribution < 1.29 is 18.3 Å². The molecule has 0 atom stereocenters. The molecule has 24 heavy (non-hydrogen) atoms. The van der Waals surface area contributed by atoms with Crippen molar-refractivity contribution >= 4 is 17.6 Å². The molecule has 122 valence electrons. The molecule has 7 heteroatoms. The number of rotatable bonds is 4. The van der Waals surface area contributed by atoms with Crippen LogP contribution in [-0.4, -0.2) is 16.2 Å². The first-order chi connectivity index (χ1) is 11.5. The number of carbonyl (C=O) groups is 1. The maximum Gasteiger partial charge on any atom is 0.341 e. The number of carbonyl (C=O) groups excluding carboxylic acids is 1. The Morgan fingerprint density at radius 3 is 2.88 bits per heavy atom. The smallest absolute Gasteiger partial charge is 0.341 e. The molecule has 0 saturated carbocycles. The number of aryl methyl sites for hydroxylation is 1. The molecule has 5 nitrogen and oxygen atoms in total. The molecule has 0 radical (unpaired) electrons. The molecule has 0 spiro atoms. The van der Waals surface area contributed by atoms with Crippen LogP contribution in [0.4, 0.5) is 4.39 Å². The zero-order valence-electron chi connectivity index (χ0n) is 12.6. The van der Waals surface area contributed by atoms with E-state index in [9.17, 15) is 9.18 Å². The van der Waals surface area contributed by atoms with E-state index < -0.39 is 11.8 Å². The molecule has 0 fully saturated rings. The summed E-state index contributed by atoms with van der Waals surface area (Å²) in [6, 6.07) is 11.2. The van der Waals surface area contributed by atoms with Gasteiger partial charge in [-0.2, -0.15) is 0 Å². The second-order valence-electron chi connectivity index (χ2n) is 5.07. The van der Waals surface area contributed by atoms with Gasteiger partial charge in [0.2, 0.25) is 5.89 Å². The van der Waals surface area contributed by atoms with E-state index in [0.29, 0.717) is 5.89 Å². The lowest BCUT2D eigenvalue weighted by molar-refractivity contribution is 0.0433. The predicted molar refractivity (Wildman–Crippen MR) is 85.0 cm³/mol. The standard InChI is InChI=1S/C17H12ClFN2O3/c1-10-3-2-4-11(7-10)16-21-20-15(24-16)9-23-17(22)13-8-12(18)5-6-14(13)19/h2-8H,9H2,1H3. The summed E-state index contributed by atoms with van der Waals surface area (Å²) in [6.45, 7) is 1.69. The predicted octanol–water partition coefficient (Wildman–Crippen LogP) is 4.19. The molecule has 1 aromatic heterocycles. The van der Waals surface area contributed by atoms with Crippen molar-refractivity contribution in [3.05, 3.63) is 70.3 Å². The van der Waals surface area contributed by atoms with Gasteiger partial charge in [-0.3, -0.25) is 0 Å². The molecule has 0 unspecified atom stereocenters. The highest BCUT2D eigenvalue weighted by atomic mass is 35.5. The van der Waals surface area contributed by atoms with Crippen LogP contribution in [0.15, 0.2) is 46.9 Å². The van der Waals surface area contributed by atoms with Crippen molar-refractivity contribution in [3.8, 4) is 11.5 Å². The Morgan fingerprint density at radius 2 is 2.08 bits per heavy atom. The summed E-state index contributed by atoms with van der Waals surface area (Å²) < 4.78 is 24.0. The van der Waals surface area contributed by atoms with Crippen LogP contribution in [0.2, 0.25) is 5.02 Å². The first-order valence-corrected chi connectivity index (χ1v) is 7.42. The van der Waals surface area contributed by atoms with Crippen LogP contribution in [0.1, 0.15) is 21.8 Å². The molecular weight excluding hydrogens is 335 g/mol. The van der Waals surface area contributed by atoms with Crippen molar-refractivity contribution in [2.24, 2.45) is 0 Å². The van der Waals surface area contributed by atoms with Gasteiger partial charge in [0, 0.05) is 10.6 Å². The van der Waals surface area contributed by atoms with Crippen LogP contribution in [0.3, 0.4) is 0 Å². The SMILES string of the molecule is Cc1cccc(-c2nnc(COC(=O)c3cc(Cl)ccc3F)o2)c1. The van der Waals surface area contributed by atoms with E-state index in [0.717, 1.165) is 17.2 Å². The van der Waals surface area contributed by atoms with E-state index in [1.165, 1.54) is 12.1 Å². The van der Waals surface area contributed by atoms with Crippen LogP contribution in [-0.2, 0) is 11.3 Å². The van der Waals surface area contributed by atoms with Crippen molar-refractivity contribution in [1.82, 2.24) is 10.2 Å². The highest BCUT2D eigenvalue weighted by Crippen LogP contribution is 2.20. The number of nitrogens with zero attached hydrogens (tertiary/aromatic N) is 2. The first-order valence-electron chi connectivity index (χ1n) is 7.04. The highest BCUT2D eigenvalue weighted by molar-refractivity contribution is 6.30. The van der Waals surface area contributed by atoms with E-state index in [2.05, 4.69) is 10.2 Å². The molecule has 0 aliphatic heterocycles. The summed E-state index contributed by atoms with van der Waals surface area (Å²) in [5.41, 5.74) is 1.57. The lowest BCUT2D eigenvalue weighted by Gasteiger charge is -2.03. The van der Waals surface area contributed by atoms with Crippen LogP contribution in [0.25, 0.3) is 11.5 Å². The summed E-state index contributed by atoms with van der Waals surface area (Å²) in [7, 11) is 0. The van der Waals surface area contributed by atoms with Gasteiger partial charge in [-0.25, -0.2) is 9.18 Å². The molecule has 0 aliphatic carbocycles. The molecular formula is C17H12ClFN2O3. The van der Waals surface area contributed by atoms with Gasteiger partial charge >= 0.3 is 5.97 Å². The summed E-state index contributed by atoms with van der Waals surface area (Å²) in [4.78, 5) is 11.9. The van der Waals surface area contributed by atoms with Gasteiger partial charge in [0.1, 0.15) is 5.82 Å². The number of benzene rings is 2. The molecule has 0 aliphatic rings. The number of hydrogen-bond acceptors (Lipinski definition) is 5. The highest BCUT2D eigenvalue weighted by Gasteiger charge is 2.16. The van der Waals surface area contributed by atoms with E-state index in [-0.39, 0.29) is 23.1 Å². The van der Waals surface area contributed by atoms with Gasteiger partial charge in [-0.15, -0.1) is 10.2 Å². The van der Waals surface area contributed by atoms with E-state index in [1.807, 2.05) is 31.2 Å². The van der Waals surface area contributed by atoms with Crippen LogP contribution < -0.4 is 0 Å². The molecule has 3 aromatic rings. The van der Waals surface area contributed by atoms with Crippen LogP contribution >= 0.6 is 11.6 Å². The van der Waals surface area contributed by atoms with Crippen molar-refractivity contribution in [2.75, 3.05) is 0 Å². The van der Waals surface area contributed by atoms with Gasteiger partial charge < -0.3 is 9.15 Å². The third-order valence-electron chi connectivity index (χ3n) is 3.21. The minimum atomic E-state index is -0.856. The Kier molecular flexibility index (Phi) is 4.57. The van der Waals surface area contributed by atoms with Crippen LogP contribution in [0.5, 0.6) is 0 Å². The molecule has 0 amide bonds. The second-order valence-corrected chi connectivity index (χ2v) is 5.51.